The number of carbonyl (C=O) groups excluding carboxylic acids is 1. The first-order chi connectivity index (χ1) is 9.06. The zero-order valence-corrected chi connectivity index (χ0v) is 10.7. The fourth-order valence-electron chi connectivity index (χ4n) is 1.42. The van der Waals surface area contributed by atoms with Crippen molar-refractivity contribution in [3.63, 3.8) is 0 Å². The summed E-state index contributed by atoms with van der Waals surface area (Å²) in [6.45, 7) is 0. The normalized spacial score (nSPS) is 9.16. The van der Waals surface area contributed by atoms with Crippen LogP contribution in [0.4, 0.5) is 0 Å². The van der Waals surface area contributed by atoms with Gasteiger partial charge >= 0.3 is 11.9 Å². The summed E-state index contributed by atoms with van der Waals surface area (Å²) in [7, 11) is 2.76. The SMILES string of the molecule is COC(=O)CC#Cc1ccc(CC(=O)O)c(OC)c1. The molecule has 0 atom stereocenters. The van der Waals surface area contributed by atoms with Gasteiger partial charge in [-0.2, -0.15) is 0 Å². The first-order valence-corrected chi connectivity index (χ1v) is 5.51. The largest absolute Gasteiger partial charge is 0.496 e. The van der Waals surface area contributed by atoms with Crippen LogP contribution in [0, 0.1) is 11.8 Å². The molecule has 0 spiro atoms. The molecule has 1 aromatic rings. The van der Waals surface area contributed by atoms with Gasteiger partial charge in [-0.25, -0.2) is 0 Å². The molecule has 0 amide bonds. The van der Waals surface area contributed by atoms with E-state index in [9.17, 15) is 9.59 Å². The molecule has 0 radical (unpaired) electrons. The highest BCUT2D eigenvalue weighted by atomic mass is 16.5. The predicted octanol–water partition coefficient (Wildman–Crippen LogP) is 1.24. The molecule has 1 rings (SSSR count). The predicted molar refractivity (Wildman–Crippen MR) is 67.8 cm³/mol. The highest BCUT2D eigenvalue weighted by molar-refractivity contribution is 5.73. The standard InChI is InChI=1S/C14H14O5/c1-18-12-8-10(4-3-5-14(17)19-2)6-7-11(12)9-13(15)16/h6-8H,5,9H2,1-2H3,(H,15,16). The van der Waals surface area contributed by atoms with Crippen molar-refractivity contribution in [1.82, 2.24) is 0 Å². The Morgan fingerprint density at radius 3 is 2.63 bits per heavy atom. The second-order valence-corrected chi connectivity index (χ2v) is 3.65. The highest BCUT2D eigenvalue weighted by Gasteiger charge is 2.07. The Balaban J connectivity index is 2.87. The second kappa shape index (κ2) is 7.07. The Morgan fingerprint density at radius 2 is 2.05 bits per heavy atom. The van der Waals surface area contributed by atoms with E-state index in [-0.39, 0.29) is 12.8 Å². The van der Waals surface area contributed by atoms with Gasteiger partial charge in [-0.15, -0.1) is 0 Å². The maximum absolute atomic E-state index is 10.9. The molecule has 0 unspecified atom stereocenters. The topological polar surface area (TPSA) is 72.8 Å². The van der Waals surface area contributed by atoms with E-state index in [4.69, 9.17) is 9.84 Å². The third-order valence-electron chi connectivity index (χ3n) is 2.32. The maximum atomic E-state index is 10.9. The Hall–Kier alpha value is -2.48. The summed E-state index contributed by atoms with van der Waals surface area (Å²) in [5.74, 6) is 4.59. The van der Waals surface area contributed by atoms with Crippen molar-refractivity contribution in [1.29, 1.82) is 0 Å². The van der Waals surface area contributed by atoms with Crippen molar-refractivity contribution in [2.24, 2.45) is 0 Å². The number of methoxy groups -OCH3 is 2. The zero-order valence-electron chi connectivity index (χ0n) is 10.7. The molecule has 0 aliphatic heterocycles. The van der Waals surface area contributed by atoms with Crippen LogP contribution >= 0.6 is 0 Å². The van der Waals surface area contributed by atoms with Crippen LogP contribution < -0.4 is 4.74 Å². The van der Waals surface area contributed by atoms with Crippen molar-refractivity contribution in [2.45, 2.75) is 12.8 Å². The van der Waals surface area contributed by atoms with Crippen molar-refractivity contribution < 1.29 is 24.2 Å². The third kappa shape index (κ3) is 4.72. The minimum Gasteiger partial charge on any atom is -0.496 e. The van der Waals surface area contributed by atoms with Crippen molar-refractivity contribution in [2.75, 3.05) is 14.2 Å². The van der Waals surface area contributed by atoms with Gasteiger partial charge in [-0.05, 0) is 12.1 Å². The van der Waals surface area contributed by atoms with Crippen LogP contribution in [-0.4, -0.2) is 31.3 Å². The summed E-state index contributed by atoms with van der Waals surface area (Å²) in [6, 6.07) is 4.97. The Bertz CT molecular complexity index is 537. The lowest BCUT2D eigenvalue weighted by molar-refractivity contribution is -0.139. The fourth-order valence-corrected chi connectivity index (χ4v) is 1.42. The molecule has 5 heteroatoms. The number of carboxylic acid groups (broad SMARTS) is 1. The van der Waals surface area contributed by atoms with E-state index in [0.29, 0.717) is 16.9 Å². The zero-order chi connectivity index (χ0) is 14.3. The van der Waals surface area contributed by atoms with E-state index < -0.39 is 11.9 Å². The first kappa shape index (κ1) is 14.6. The Kier molecular flexibility index (Phi) is 5.42. The van der Waals surface area contributed by atoms with Gasteiger partial charge < -0.3 is 14.6 Å². The minimum absolute atomic E-state index is 0.00962. The van der Waals surface area contributed by atoms with E-state index in [1.165, 1.54) is 14.2 Å². The summed E-state index contributed by atoms with van der Waals surface area (Å²) in [4.78, 5) is 21.6. The number of rotatable bonds is 4. The summed E-state index contributed by atoms with van der Waals surface area (Å²) in [5.41, 5.74) is 1.23. The van der Waals surface area contributed by atoms with Crippen molar-refractivity contribution in [3.05, 3.63) is 29.3 Å². The number of benzene rings is 1. The van der Waals surface area contributed by atoms with Crippen LogP contribution in [0.15, 0.2) is 18.2 Å². The number of carboxylic acids is 1. The monoisotopic (exact) mass is 262 g/mol. The molecule has 5 nitrogen and oxygen atoms in total. The second-order valence-electron chi connectivity index (χ2n) is 3.65. The molecule has 0 saturated carbocycles. The number of aliphatic carboxylic acids is 1. The molecule has 0 aliphatic rings. The summed E-state index contributed by atoms with van der Waals surface area (Å²) in [5, 5.41) is 8.75. The number of carbonyl (C=O) groups is 2. The van der Waals surface area contributed by atoms with E-state index in [1.807, 2.05) is 0 Å². The lowest BCUT2D eigenvalue weighted by atomic mass is 10.1. The highest BCUT2D eigenvalue weighted by Crippen LogP contribution is 2.20. The number of ether oxygens (including phenoxy) is 2. The molecule has 0 fully saturated rings. The maximum Gasteiger partial charge on any atom is 0.317 e. The van der Waals surface area contributed by atoms with Gasteiger partial charge in [0.2, 0.25) is 0 Å². The van der Waals surface area contributed by atoms with Gasteiger partial charge in [0.1, 0.15) is 12.2 Å². The lowest BCUT2D eigenvalue weighted by Gasteiger charge is -2.06. The van der Waals surface area contributed by atoms with Gasteiger partial charge in [-0.1, -0.05) is 17.9 Å². The van der Waals surface area contributed by atoms with Crippen LogP contribution in [-0.2, 0) is 20.7 Å². The number of hydrogen-bond acceptors (Lipinski definition) is 4. The van der Waals surface area contributed by atoms with Crippen molar-refractivity contribution in [3.8, 4) is 17.6 Å². The minimum atomic E-state index is -0.928. The molecule has 1 N–H and O–H groups in total. The fraction of sp³-hybridized carbons (Fsp3) is 0.286. The van der Waals surface area contributed by atoms with E-state index in [2.05, 4.69) is 16.6 Å². The Labute approximate surface area is 111 Å². The molecule has 100 valence electrons. The molecule has 0 aliphatic carbocycles. The van der Waals surface area contributed by atoms with Crippen LogP contribution in [0.2, 0.25) is 0 Å². The first-order valence-electron chi connectivity index (χ1n) is 5.51. The van der Waals surface area contributed by atoms with Crippen molar-refractivity contribution >= 4 is 11.9 Å². The summed E-state index contributed by atoms with van der Waals surface area (Å²) >= 11 is 0. The quantitative estimate of drug-likeness (QED) is 0.652. The lowest BCUT2D eigenvalue weighted by Crippen LogP contribution is -2.02. The summed E-state index contributed by atoms with van der Waals surface area (Å²) in [6.07, 6.45) is -0.102. The van der Waals surface area contributed by atoms with E-state index in [0.717, 1.165) is 0 Å². The van der Waals surface area contributed by atoms with Crippen LogP contribution in [0.3, 0.4) is 0 Å². The smallest absolute Gasteiger partial charge is 0.317 e. The van der Waals surface area contributed by atoms with Gasteiger partial charge in [0.05, 0.1) is 20.6 Å². The van der Waals surface area contributed by atoms with Gasteiger partial charge in [0.15, 0.2) is 0 Å². The third-order valence-corrected chi connectivity index (χ3v) is 2.32. The van der Waals surface area contributed by atoms with E-state index in [1.54, 1.807) is 18.2 Å². The van der Waals surface area contributed by atoms with Gasteiger partial charge in [0, 0.05) is 11.1 Å². The molecular weight excluding hydrogens is 248 g/mol. The van der Waals surface area contributed by atoms with E-state index >= 15 is 0 Å². The van der Waals surface area contributed by atoms with Crippen LogP contribution in [0.25, 0.3) is 0 Å². The average Bonchev–Trinajstić information content (AvgIpc) is 2.39. The Morgan fingerprint density at radius 1 is 1.32 bits per heavy atom. The summed E-state index contributed by atoms with van der Waals surface area (Å²) < 4.78 is 9.58. The number of hydrogen-bond donors (Lipinski definition) is 1. The molecule has 0 bridgehead atoms. The molecule has 0 aromatic heterocycles. The van der Waals surface area contributed by atoms with Crippen LogP contribution in [0.5, 0.6) is 5.75 Å². The molecule has 19 heavy (non-hydrogen) atoms. The molecular formula is C14H14O5. The van der Waals surface area contributed by atoms with Gasteiger partial charge in [0.25, 0.3) is 0 Å². The van der Waals surface area contributed by atoms with Crippen LogP contribution in [0.1, 0.15) is 17.5 Å². The molecule has 0 heterocycles. The molecule has 1 aromatic carbocycles. The molecule has 0 saturated heterocycles. The van der Waals surface area contributed by atoms with Gasteiger partial charge in [-0.3, -0.25) is 9.59 Å². The average molecular weight is 262 g/mol. The number of esters is 1.